The molecule has 0 aliphatic heterocycles. The minimum Gasteiger partial charge on any atom is -0.494 e. The molecule has 0 fully saturated rings. The van der Waals surface area contributed by atoms with E-state index in [1.165, 1.54) is 14.2 Å². The smallest absolute Gasteiger partial charge is 0.303 e. The maximum Gasteiger partial charge on any atom is 0.303 e. The van der Waals surface area contributed by atoms with E-state index in [1.54, 1.807) is 12.1 Å². The average molecular weight is 225 g/mol. The van der Waals surface area contributed by atoms with E-state index in [9.17, 15) is 4.79 Å². The lowest BCUT2D eigenvalue weighted by Gasteiger charge is -2.11. The molecule has 1 aromatic rings. The fourth-order valence-electron chi connectivity index (χ4n) is 1.39. The minimum atomic E-state index is -0.838. The average Bonchev–Trinajstić information content (AvgIpc) is 2.27. The predicted octanol–water partition coefficient (Wildman–Crippen LogP) is 1.30. The molecule has 16 heavy (non-hydrogen) atoms. The number of nitrogen functional groups attached to an aromatic ring is 1. The summed E-state index contributed by atoms with van der Waals surface area (Å²) in [6.07, 6.45) is 0.485. The van der Waals surface area contributed by atoms with Gasteiger partial charge in [0.2, 0.25) is 0 Å². The van der Waals surface area contributed by atoms with Gasteiger partial charge in [-0.05, 0) is 24.1 Å². The van der Waals surface area contributed by atoms with E-state index in [0.29, 0.717) is 23.6 Å². The first-order valence-corrected chi connectivity index (χ1v) is 4.80. The molecule has 0 unspecified atom stereocenters. The Morgan fingerprint density at radius 3 is 2.19 bits per heavy atom. The van der Waals surface area contributed by atoms with Crippen LogP contribution in [0.15, 0.2) is 12.1 Å². The molecule has 0 aliphatic carbocycles. The Labute approximate surface area is 93.8 Å². The fourth-order valence-corrected chi connectivity index (χ4v) is 1.39. The number of nitrogens with two attached hydrogens (primary N) is 1. The maximum absolute atomic E-state index is 10.5. The number of benzene rings is 1. The van der Waals surface area contributed by atoms with Gasteiger partial charge in [-0.15, -0.1) is 0 Å². The second-order valence-corrected chi connectivity index (χ2v) is 3.31. The van der Waals surface area contributed by atoms with Crippen molar-refractivity contribution in [3.63, 3.8) is 0 Å². The molecule has 0 radical (unpaired) electrons. The van der Waals surface area contributed by atoms with Crippen LogP contribution in [0, 0.1) is 0 Å². The molecule has 0 saturated heterocycles. The van der Waals surface area contributed by atoms with E-state index in [0.717, 1.165) is 5.56 Å². The first kappa shape index (κ1) is 12.2. The van der Waals surface area contributed by atoms with E-state index in [1.807, 2.05) is 0 Å². The highest BCUT2D eigenvalue weighted by Gasteiger charge is 2.09. The van der Waals surface area contributed by atoms with Crippen molar-refractivity contribution in [2.24, 2.45) is 0 Å². The van der Waals surface area contributed by atoms with Gasteiger partial charge in [0.05, 0.1) is 14.2 Å². The lowest BCUT2D eigenvalue weighted by atomic mass is 10.1. The number of anilines is 1. The van der Waals surface area contributed by atoms with Gasteiger partial charge in [0.15, 0.2) is 0 Å². The van der Waals surface area contributed by atoms with Crippen molar-refractivity contribution < 1.29 is 19.4 Å². The SMILES string of the molecule is COc1cc(CCC(=O)O)cc(OC)c1N. The molecule has 0 amide bonds. The number of aliphatic carboxylic acids is 1. The summed E-state index contributed by atoms with van der Waals surface area (Å²) >= 11 is 0. The topological polar surface area (TPSA) is 81.8 Å². The number of ether oxygens (including phenoxy) is 2. The summed E-state index contributed by atoms with van der Waals surface area (Å²) in [5.74, 6) is 0.161. The number of carbonyl (C=O) groups is 1. The number of carboxylic acid groups (broad SMARTS) is 1. The number of rotatable bonds is 5. The molecule has 1 aromatic carbocycles. The molecule has 5 heteroatoms. The molecule has 0 atom stereocenters. The first-order valence-electron chi connectivity index (χ1n) is 4.80. The number of hydrogen-bond donors (Lipinski definition) is 2. The third-order valence-corrected chi connectivity index (χ3v) is 2.23. The number of hydrogen-bond acceptors (Lipinski definition) is 4. The minimum absolute atomic E-state index is 0.0657. The van der Waals surface area contributed by atoms with Crippen LogP contribution in [-0.2, 0) is 11.2 Å². The molecule has 0 saturated carbocycles. The van der Waals surface area contributed by atoms with Crippen LogP contribution < -0.4 is 15.2 Å². The van der Waals surface area contributed by atoms with Crippen molar-refractivity contribution in [3.05, 3.63) is 17.7 Å². The second kappa shape index (κ2) is 5.25. The first-order chi connectivity index (χ1) is 7.58. The lowest BCUT2D eigenvalue weighted by molar-refractivity contribution is -0.136. The molecule has 0 bridgehead atoms. The van der Waals surface area contributed by atoms with E-state index in [-0.39, 0.29) is 6.42 Å². The summed E-state index contributed by atoms with van der Waals surface area (Å²) in [4.78, 5) is 10.5. The van der Waals surface area contributed by atoms with Gasteiger partial charge in [0.1, 0.15) is 17.2 Å². The third-order valence-electron chi connectivity index (χ3n) is 2.23. The number of methoxy groups -OCH3 is 2. The molecule has 0 aromatic heterocycles. The highest BCUT2D eigenvalue weighted by molar-refractivity contribution is 5.68. The summed E-state index contributed by atoms with van der Waals surface area (Å²) < 4.78 is 10.2. The Kier molecular flexibility index (Phi) is 3.99. The Balaban J connectivity index is 2.97. The Morgan fingerprint density at radius 1 is 1.31 bits per heavy atom. The Morgan fingerprint density at radius 2 is 1.81 bits per heavy atom. The molecule has 88 valence electrons. The largest absolute Gasteiger partial charge is 0.494 e. The van der Waals surface area contributed by atoms with E-state index in [4.69, 9.17) is 20.3 Å². The van der Waals surface area contributed by atoms with Crippen LogP contribution in [0.1, 0.15) is 12.0 Å². The van der Waals surface area contributed by atoms with Crippen molar-refractivity contribution in [1.29, 1.82) is 0 Å². The zero-order valence-corrected chi connectivity index (χ0v) is 9.32. The zero-order valence-electron chi connectivity index (χ0n) is 9.32. The van der Waals surface area contributed by atoms with Crippen molar-refractivity contribution in [2.45, 2.75) is 12.8 Å². The molecule has 0 spiro atoms. The summed E-state index contributed by atoms with van der Waals surface area (Å²) in [7, 11) is 3.01. The summed E-state index contributed by atoms with van der Waals surface area (Å²) in [6.45, 7) is 0. The van der Waals surface area contributed by atoms with Gasteiger partial charge in [-0.1, -0.05) is 0 Å². The van der Waals surface area contributed by atoms with Crippen molar-refractivity contribution in [3.8, 4) is 11.5 Å². The summed E-state index contributed by atoms with van der Waals surface area (Å²) in [5, 5.41) is 8.60. The Bertz CT molecular complexity index is 365. The maximum atomic E-state index is 10.5. The fraction of sp³-hybridized carbons (Fsp3) is 0.364. The van der Waals surface area contributed by atoms with Gasteiger partial charge in [-0.3, -0.25) is 4.79 Å². The predicted molar refractivity (Wildman–Crippen MR) is 59.9 cm³/mol. The Hall–Kier alpha value is -1.91. The second-order valence-electron chi connectivity index (χ2n) is 3.31. The van der Waals surface area contributed by atoms with E-state index in [2.05, 4.69) is 0 Å². The molecule has 1 rings (SSSR count). The van der Waals surface area contributed by atoms with Crippen LogP contribution in [0.2, 0.25) is 0 Å². The summed E-state index contributed by atoms with van der Waals surface area (Å²) in [5.41, 5.74) is 7.01. The quantitative estimate of drug-likeness (QED) is 0.738. The molecule has 5 nitrogen and oxygen atoms in total. The van der Waals surface area contributed by atoms with Gasteiger partial charge in [-0.2, -0.15) is 0 Å². The number of aryl methyl sites for hydroxylation is 1. The third kappa shape index (κ3) is 2.79. The molecular weight excluding hydrogens is 210 g/mol. The molecular formula is C11H15NO4. The van der Waals surface area contributed by atoms with Crippen LogP contribution in [0.5, 0.6) is 11.5 Å². The van der Waals surface area contributed by atoms with Gasteiger partial charge >= 0.3 is 5.97 Å². The van der Waals surface area contributed by atoms with E-state index < -0.39 is 5.97 Å². The van der Waals surface area contributed by atoms with Crippen molar-refractivity contribution >= 4 is 11.7 Å². The van der Waals surface area contributed by atoms with Gasteiger partial charge in [0, 0.05) is 6.42 Å². The highest BCUT2D eigenvalue weighted by atomic mass is 16.5. The molecule has 0 aliphatic rings. The van der Waals surface area contributed by atoms with Crippen LogP contribution >= 0.6 is 0 Å². The van der Waals surface area contributed by atoms with E-state index >= 15 is 0 Å². The lowest BCUT2D eigenvalue weighted by Crippen LogP contribution is -2.01. The zero-order chi connectivity index (χ0) is 12.1. The monoisotopic (exact) mass is 225 g/mol. The van der Waals surface area contributed by atoms with Gasteiger partial charge in [-0.25, -0.2) is 0 Å². The number of carboxylic acids is 1. The van der Waals surface area contributed by atoms with Crippen LogP contribution in [-0.4, -0.2) is 25.3 Å². The summed E-state index contributed by atoms with van der Waals surface area (Å²) in [6, 6.07) is 3.45. The molecule has 3 N–H and O–H groups in total. The van der Waals surface area contributed by atoms with Gasteiger partial charge in [0.25, 0.3) is 0 Å². The van der Waals surface area contributed by atoms with Crippen LogP contribution in [0.4, 0.5) is 5.69 Å². The highest BCUT2D eigenvalue weighted by Crippen LogP contribution is 2.33. The van der Waals surface area contributed by atoms with Gasteiger partial charge < -0.3 is 20.3 Å². The molecule has 0 heterocycles. The van der Waals surface area contributed by atoms with Crippen molar-refractivity contribution in [1.82, 2.24) is 0 Å². The standard InChI is InChI=1S/C11H15NO4/c1-15-8-5-7(3-4-10(13)14)6-9(16-2)11(8)12/h5-6H,3-4,12H2,1-2H3,(H,13,14). The normalized spacial score (nSPS) is 9.88. The van der Waals surface area contributed by atoms with Crippen molar-refractivity contribution in [2.75, 3.05) is 20.0 Å². The van der Waals surface area contributed by atoms with Crippen LogP contribution in [0.3, 0.4) is 0 Å². The van der Waals surface area contributed by atoms with Crippen LogP contribution in [0.25, 0.3) is 0 Å².